The van der Waals surface area contributed by atoms with Gasteiger partial charge in [-0.2, -0.15) is 0 Å². The Balaban J connectivity index is 1.71. The van der Waals surface area contributed by atoms with Crippen molar-refractivity contribution < 1.29 is 9.90 Å². The average Bonchev–Trinajstić information content (AvgIpc) is 3.14. The summed E-state index contributed by atoms with van der Waals surface area (Å²) in [7, 11) is 0. The SMILES string of the molecule is CC1CN(C(=O)c2sc(NC3CC3)nc2N)CCC1O. The minimum atomic E-state index is -0.315. The molecule has 0 spiro atoms. The molecule has 1 amide bonds. The summed E-state index contributed by atoms with van der Waals surface area (Å²) in [5, 5.41) is 13.7. The first-order chi connectivity index (χ1) is 9.54. The molecule has 3 rings (SSSR count). The van der Waals surface area contributed by atoms with Gasteiger partial charge in [-0.3, -0.25) is 4.79 Å². The van der Waals surface area contributed by atoms with Crippen molar-refractivity contribution in [3.63, 3.8) is 0 Å². The normalized spacial score (nSPS) is 26.6. The minimum Gasteiger partial charge on any atom is -0.393 e. The molecular weight excluding hydrogens is 276 g/mol. The maximum atomic E-state index is 12.5. The lowest BCUT2D eigenvalue weighted by Gasteiger charge is -2.34. The number of carbonyl (C=O) groups is 1. The van der Waals surface area contributed by atoms with E-state index in [9.17, 15) is 9.90 Å². The van der Waals surface area contributed by atoms with Crippen molar-refractivity contribution in [3.8, 4) is 0 Å². The number of carbonyl (C=O) groups excluding carboxylic acids is 1. The fraction of sp³-hybridized carbons (Fsp3) is 0.692. The van der Waals surface area contributed by atoms with Crippen LogP contribution in [0.5, 0.6) is 0 Å². The third kappa shape index (κ3) is 2.73. The van der Waals surface area contributed by atoms with Crippen molar-refractivity contribution in [3.05, 3.63) is 4.88 Å². The molecule has 2 heterocycles. The second kappa shape index (κ2) is 5.21. The molecule has 1 aromatic rings. The summed E-state index contributed by atoms with van der Waals surface area (Å²) in [6.45, 7) is 3.11. The van der Waals surface area contributed by atoms with E-state index in [1.165, 1.54) is 11.3 Å². The van der Waals surface area contributed by atoms with Crippen LogP contribution in [0.25, 0.3) is 0 Å². The molecule has 1 saturated carbocycles. The van der Waals surface area contributed by atoms with Crippen LogP contribution in [-0.4, -0.2) is 46.1 Å². The number of rotatable bonds is 3. The standard InChI is InChI=1S/C13H20N4O2S/c1-7-6-17(5-4-9(7)18)12(19)10-11(14)16-13(20-10)15-8-2-3-8/h7-9,18H,2-6,14H2,1H3,(H,15,16). The van der Waals surface area contributed by atoms with Crippen molar-refractivity contribution in [1.82, 2.24) is 9.88 Å². The second-order valence-electron chi connectivity index (χ2n) is 5.74. The van der Waals surface area contributed by atoms with Gasteiger partial charge >= 0.3 is 0 Å². The van der Waals surface area contributed by atoms with Crippen LogP contribution in [0, 0.1) is 5.92 Å². The third-order valence-corrected chi connectivity index (χ3v) is 4.89. The number of thiazole rings is 1. The van der Waals surface area contributed by atoms with Crippen LogP contribution in [0.2, 0.25) is 0 Å². The molecular formula is C13H20N4O2S. The van der Waals surface area contributed by atoms with E-state index >= 15 is 0 Å². The monoisotopic (exact) mass is 296 g/mol. The number of piperidine rings is 1. The maximum absolute atomic E-state index is 12.5. The number of nitrogens with two attached hydrogens (primary N) is 1. The van der Waals surface area contributed by atoms with Crippen LogP contribution >= 0.6 is 11.3 Å². The molecule has 1 aliphatic carbocycles. The van der Waals surface area contributed by atoms with Crippen LogP contribution in [0.3, 0.4) is 0 Å². The van der Waals surface area contributed by atoms with Gasteiger partial charge in [-0.15, -0.1) is 0 Å². The van der Waals surface area contributed by atoms with Gasteiger partial charge in [0.05, 0.1) is 6.10 Å². The number of aromatic nitrogens is 1. The summed E-state index contributed by atoms with van der Waals surface area (Å²) in [6, 6.07) is 0.494. The molecule has 2 aliphatic rings. The molecule has 7 heteroatoms. The van der Waals surface area contributed by atoms with Crippen molar-refractivity contribution in [2.45, 2.75) is 38.3 Å². The number of aliphatic hydroxyl groups excluding tert-OH is 1. The Bertz CT molecular complexity index is 514. The molecule has 110 valence electrons. The topological polar surface area (TPSA) is 91.5 Å². The van der Waals surface area contributed by atoms with Gasteiger partial charge in [0.25, 0.3) is 5.91 Å². The van der Waals surface area contributed by atoms with E-state index in [1.54, 1.807) is 4.90 Å². The number of hydrogen-bond acceptors (Lipinski definition) is 6. The van der Waals surface area contributed by atoms with Crippen LogP contribution < -0.4 is 11.1 Å². The molecule has 2 atom stereocenters. The molecule has 20 heavy (non-hydrogen) atoms. The first-order valence-corrected chi connectivity index (χ1v) is 7.86. The largest absolute Gasteiger partial charge is 0.393 e. The summed E-state index contributed by atoms with van der Waals surface area (Å²) >= 11 is 1.33. The average molecular weight is 296 g/mol. The van der Waals surface area contributed by atoms with E-state index in [0.717, 1.165) is 18.0 Å². The van der Waals surface area contributed by atoms with E-state index in [0.29, 0.717) is 36.2 Å². The molecule has 2 unspecified atom stereocenters. The highest BCUT2D eigenvalue weighted by molar-refractivity contribution is 7.18. The molecule has 4 N–H and O–H groups in total. The van der Waals surface area contributed by atoms with E-state index < -0.39 is 0 Å². The smallest absolute Gasteiger partial charge is 0.267 e. The minimum absolute atomic E-state index is 0.0670. The summed E-state index contributed by atoms with van der Waals surface area (Å²) in [5.41, 5.74) is 5.87. The highest BCUT2D eigenvalue weighted by Crippen LogP contribution is 2.32. The summed E-state index contributed by atoms with van der Waals surface area (Å²) < 4.78 is 0. The van der Waals surface area contributed by atoms with E-state index in [4.69, 9.17) is 5.73 Å². The number of nitrogen functional groups attached to an aromatic ring is 1. The Labute approximate surface area is 122 Å². The Hall–Kier alpha value is -1.34. The zero-order chi connectivity index (χ0) is 14.3. The zero-order valence-electron chi connectivity index (χ0n) is 11.5. The van der Waals surface area contributed by atoms with Gasteiger partial charge in [0.1, 0.15) is 10.7 Å². The Kier molecular flexibility index (Phi) is 3.55. The number of hydrogen-bond donors (Lipinski definition) is 3. The molecule has 6 nitrogen and oxygen atoms in total. The van der Waals surface area contributed by atoms with Crippen molar-refractivity contribution in [2.24, 2.45) is 5.92 Å². The molecule has 0 radical (unpaired) electrons. The van der Waals surface area contributed by atoms with E-state index in [2.05, 4.69) is 10.3 Å². The molecule has 1 aliphatic heterocycles. The number of amides is 1. The van der Waals surface area contributed by atoms with E-state index in [1.807, 2.05) is 6.92 Å². The highest BCUT2D eigenvalue weighted by atomic mass is 32.1. The zero-order valence-corrected chi connectivity index (χ0v) is 12.3. The molecule has 1 saturated heterocycles. The highest BCUT2D eigenvalue weighted by Gasteiger charge is 2.30. The van der Waals surface area contributed by atoms with Crippen molar-refractivity contribution in [2.75, 3.05) is 24.1 Å². The summed E-state index contributed by atoms with van der Waals surface area (Å²) in [6.07, 6.45) is 2.62. The molecule has 1 aromatic heterocycles. The summed E-state index contributed by atoms with van der Waals surface area (Å²) in [4.78, 5) is 19.0. The molecule has 2 fully saturated rings. The predicted octanol–water partition coefficient (Wildman–Crippen LogP) is 1.14. The molecule has 0 bridgehead atoms. The van der Waals surface area contributed by atoms with Gasteiger partial charge in [0.15, 0.2) is 5.13 Å². The maximum Gasteiger partial charge on any atom is 0.267 e. The second-order valence-corrected chi connectivity index (χ2v) is 6.74. The van der Waals surface area contributed by atoms with E-state index in [-0.39, 0.29) is 17.9 Å². The van der Waals surface area contributed by atoms with Crippen LogP contribution in [0.1, 0.15) is 35.9 Å². The third-order valence-electron chi connectivity index (χ3n) is 3.90. The van der Waals surface area contributed by atoms with Crippen molar-refractivity contribution >= 4 is 28.2 Å². The van der Waals surface area contributed by atoms with Gasteiger partial charge in [0.2, 0.25) is 0 Å². The number of anilines is 2. The summed E-state index contributed by atoms with van der Waals surface area (Å²) in [5.74, 6) is 0.343. The quantitative estimate of drug-likeness (QED) is 0.778. The Morgan fingerprint density at radius 1 is 1.50 bits per heavy atom. The number of likely N-dealkylation sites (tertiary alicyclic amines) is 1. The molecule has 0 aromatic carbocycles. The Morgan fingerprint density at radius 2 is 2.25 bits per heavy atom. The number of nitrogens with one attached hydrogen (secondary N) is 1. The van der Waals surface area contributed by atoms with Gasteiger partial charge in [0, 0.05) is 19.1 Å². The first-order valence-electron chi connectivity index (χ1n) is 7.04. The first kappa shape index (κ1) is 13.6. The lowest BCUT2D eigenvalue weighted by molar-refractivity contribution is 0.0301. The van der Waals surface area contributed by atoms with Gasteiger partial charge in [-0.05, 0) is 25.2 Å². The Morgan fingerprint density at radius 3 is 2.90 bits per heavy atom. The lowest BCUT2D eigenvalue weighted by Crippen LogP contribution is -2.44. The van der Waals surface area contributed by atoms with Gasteiger partial charge in [-0.1, -0.05) is 18.3 Å². The fourth-order valence-corrected chi connectivity index (χ4v) is 3.34. The number of nitrogens with zero attached hydrogens (tertiary/aromatic N) is 2. The predicted molar refractivity (Wildman–Crippen MR) is 78.9 cm³/mol. The van der Waals surface area contributed by atoms with Crippen LogP contribution in [0.15, 0.2) is 0 Å². The van der Waals surface area contributed by atoms with Gasteiger partial charge in [-0.25, -0.2) is 4.98 Å². The fourth-order valence-electron chi connectivity index (χ4n) is 2.41. The number of aliphatic hydroxyl groups is 1. The van der Waals surface area contributed by atoms with Crippen LogP contribution in [0.4, 0.5) is 10.9 Å². The van der Waals surface area contributed by atoms with Crippen molar-refractivity contribution in [1.29, 1.82) is 0 Å². The lowest BCUT2D eigenvalue weighted by atomic mass is 9.97. The van der Waals surface area contributed by atoms with Crippen LogP contribution in [-0.2, 0) is 0 Å². The van der Waals surface area contributed by atoms with Gasteiger partial charge < -0.3 is 21.1 Å².